The molecule has 0 atom stereocenters. The number of aromatic nitrogens is 3. The fourth-order valence-corrected chi connectivity index (χ4v) is 3.96. The number of hydrogen-bond donors (Lipinski definition) is 0. The fourth-order valence-electron chi connectivity index (χ4n) is 2.91. The van der Waals surface area contributed by atoms with Gasteiger partial charge in [-0.3, -0.25) is 14.4 Å². The number of likely N-dealkylation sites (N-methyl/N-ethyl adjacent to an activating group) is 1. The first-order valence-corrected chi connectivity index (χ1v) is 10.1. The predicted octanol–water partition coefficient (Wildman–Crippen LogP) is 4.27. The molecule has 0 saturated carbocycles. The lowest BCUT2D eigenvalue weighted by Crippen LogP contribution is -2.38. The van der Waals surface area contributed by atoms with Crippen LogP contribution in [0.3, 0.4) is 0 Å². The van der Waals surface area contributed by atoms with Gasteiger partial charge in [-0.15, -0.1) is 12.4 Å². The zero-order valence-electron chi connectivity index (χ0n) is 17.0. The minimum atomic E-state index is -0.0576. The molecule has 0 spiro atoms. The van der Waals surface area contributed by atoms with E-state index in [1.807, 2.05) is 34.0 Å². The fraction of sp³-hybridized carbons (Fsp3) is 0.450. The number of nitrogens with zero attached hydrogens (tertiary/aromatic N) is 5. The standard InChI is InChI=1S/C20H27N5OS.ClH/c1-6-15-7-8-16-18(13-15)27-20(22-16)24(12-11-23(4)5)19(26)17-9-10-21-25(17)14(2)3;/h7-10,13-14H,6,11-12H2,1-5H3;1H. The van der Waals surface area contributed by atoms with Gasteiger partial charge >= 0.3 is 0 Å². The van der Waals surface area contributed by atoms with Crippen molar-refractivity contribution in [2.45, 2.75) is 33.2 Å². The summed E-state index contributed by atoms with van der Waals surface area (Å²) in [6.45, 7) is 7.53. The molecule has 2 heterocycles. The number of aryl methyl sites for hydroxylation is 1. The van der Waals surface area contributed by atoms with Crippen molar-refractivity contribution in [3.63, 3.8) is 0 Å². The number of rotatable bonds is 7. The molecular weight excluding hydrogens is 394 g/mol. The van der Waals surface area contributed by atoms with Gasteiger partial charge in [0.2, 0.25) is 0 Å². The molecule has 0 radical (unpaired) electrons. The predicted molar refractivity (Wildman–Crippen MR) is 119 cm³/mol. The quantitative estimate of drug-likeness (QED) is 0.571. The number of carbonyl (C=O) groups excluding carboxylic acids is 1. The molecule has 3 rings (SSSR count). The van der Waals surface area contributed by atoms with E-state index in [0.717, 1.165) is 28.3 Å². The lowest BCUT2D eigenvalue weighted by molar-refractivity contribution is 0.0973. The number of carbonyl (C=O) groups is 1. The normalized spacial score (nSPS) is 11.2. The van der Waals surface area contributed by atoms with E-state index in [1.54, 1.807) is 33.2 Å². The number of amides is 1. The molecule has 0 fully saturated rings. The monoisotopic (exact) mass is 421 g/mol. The van der Waals surface area contributed by atoms with Crippen molar-refractivity contribution in [3.8, 4) is 0 Å². The Kier molecular flexibility index (Phi) is 7.57. The van der Waals surface area contributed by atoms with Crippen LogP contribution in [-0.4, -0.2) is 52.8 Å². The van der Waals surface area contributed by atoms with Gasteiger partial charge in [0, 0.05) is 25.3 Å². The van der Waals surface area contributed by atoms with Gasteiger partial charge in [0.05, 0.1) is 10.2 Å². The first kappa shape index (κ1) is 22.3. The lowest BCUT2D eigenvalue weighted by atomic mass is 10.2. The Morgan fingerprint density at radius 1 is 1.21 bits per heavy atom. The number of hydrogen-bond acceptors (Lipinski definition) is 5. The molecule has 0 bridgehead atoms. The maximum absolute atomic E-state index is 13.4. The van der Waals surface area contributed by atoms with E-state index in [2.05, 4.69) is 29.1 Å². The number of anilines is 1. The molecule has 6 nitrogen and oxygen atoms in total. The first-order chi connectivity index (χ1) is 12.9. The number of thiazole rings is 1. The van der Waals surface area contributed by atoms with E-state index in [1.165, 1.54) is 5.56 Å². The Balaban J connectivity index is 0.00000280. The average Bonchev–Trinajstić information content (AvgIpc) is 3.27. The average molecular weight is 422 g/mol. The van der Waals surface area contributed by atoms with E-state index >= 15 is 0 Å². The summed E-state index contributed by atoms with van der Waals surface area (Å²) in [6, 6.07) is 8.22. The molecule has 2 aromatic heterocycles. The van der Waals surface area contributed by atoms with Gasteiger partial charge in [0.15, 0.2) is 5.13 Å². The van der Waals surface area contributed by atoms with Crippen molar-refractivity contribution < 1.29 is 4.79 Å². The van der Waals surface area contributed by atoms with Crippen molar-refractivity contribution in [2.24, 2.45) is 0 Å². The van der Waals surface area contributed by atoms with Crippen molar-refractivity contribution in [1.82, 2.24) is 19.7 Å². The molecule has 0 aliphatic rings. The molecule has 1 aromatic carbocycles. The smallest absolute Gasteiger partial charge is 0.278 e. The van der Waals surface area contributed by atoms with E-state index in [4.69, 9.17) is 4.98 Å². The second kappa shape index (κ2) is 9.49. The van der Waals surface area contributed by atoms with Gasteiger partial charge in [-0.2, -0.15) is 5.10 Å². The third-order valence-corrected chi connectivity index (χ3v) is 5.52. The summed E-state index contributed by atoms with van der Waals surface area (Å²) in [5.41, 5.74) is 2.81. The number of halogens is 1. The molecule has 0 N–H and O–H groups in total. The van der Waals surface area contributed by atoms with Crippen LogP contribution in [0.4, 0.5) is 5.13 Å². The van der Waals surface area contributed by atoms with Gasteiger partial charge in [-0.05, 0) is 58.1 Å². The van der Waals surface area contributed by atoms with Gasteiger partial charge in [0.25, 0.3) is 5.91 Å². The summed E-state index contributed by atoms with van der Waals surface area (Å²) < 4.78 is 2.89. The highest BCUT2D eigenvalue weighted by Crippen LogP contribution is 2.30. The highest BCUT2D eigenvalue weighted by molar-refractivity contribution is 7.22. The zero-order chi connectivity index (χ0) is 19.6. The highest BCUT2D eigenvalue weighted by Gasteiger charge is 2.25. The first-order valence-electron chi connectivity index (χ1n) is 9.30. The van der Waals surface area contributed by atoms with Crippen LogP contribution in [0, 0.1) is 0 Å². The maximum atomic E-state index is 13.4. The highest BCUT2D eigenvalue weighted by atomic mass is 35.5. The van der Waals surface area contributed by atoms with Crippen LogP contribution >= 0.6 is 23.7 Å². The largest absolute Gasteiger partial charge is 0.308 e. The van der Waals surface area contributed by atoms with Crippen molar-refractivity contribution >= 4 is 45.0 Å². The van der Waals surface area contributed by atoms with E-state index in [0.29, 0.717) is 12.2 Å². The summed E-state index contributed by atoms with van der Waals surface area (Å²) >= 11 is 1.57. The Labute approximate surface area is 176 Å². The summed E-state index contributed by atoms with van der Waals surface area (Å²) in [5, 5.41) is 5.05. The van der Waals surface area contributed by atoms with Crippen molar-refractivity contribution in [2.75, 3.05) is 32.1 Å². The minimum Gasteiger partial charge on any atom is -0.308 e. The number of fused-ring (bicyclic) bond motifs is 1. The van der Waals surface area contributed by atoms with Crippen LogP contribution in [0.25, 0.3) is 10.2 Å². The van der Waals surface area contributed by atoms with Crippen LogP contribution in [0.15, 0.2) is 30.5 Å². The van der Waals surface area contributed by atoms with Crippen LogP contribution in [-0.2, 0) is 6.42 Å². The molecule has 0 aliphatic heterocycles. The Morgan fingerprint density at radius 3 is 2.61 bits per heavy atom. The lowest BCUT2D eigenvalue weighted by Gasteiger charge is -2.22. The van der Waals surface area contributed by atoms with Gasteiger partial charge < -0.3 is 4.90 Å². The summed E-state index contributed by atoms with van der Waals surface area (Å²) in [6.07, 6.45) is 2.67. The van der Waals surface area contributed by atoms with Crippen LogP contribution in [0.5, 0.6) is 0 Å². The van der Waals surface area contributed by atoms with E-state index in [-0.39, 0.29) is 24.4 Å². The van der Waals surface area contributed by atoms with Crippen LogP contribution in [0.1, 0.15) is 42.9 Å². The second-order valence-electron chi connectivity index (χ2n) is 7.17. The van der Waals surface area contributed by atoms with Crippen molar-refractivity contribution in [1.29, 1.82) is 0 Å². The second-order valence-corrected chi connectivity index (χ2v) is 8.18. The molecule has 1 amide bonds. The molecule has 0 unspecified atom stereocenters. The Morgan fingerprint density at radius 2 is 1.96 bits per heavy atom. The summed E-state index contributed by atoms with van der Waals surface area (Å²) in [5.74, 6) is -0.0576. The maximum Gasteiger partial charge on any atom is 0.278 e. The van der Waals surface area contributed by atoms with E-state index in [9.17, 15) is 4.79 Å². The summed E-state index contributed by atoms with van der Waals surface area (Å²) in [7, 11) is 4.01. The minimum absolute atomic E-state index is 0. The van der Waals surface area contributed by atoms with Crippen LogP contribution < -0.4 is 4.90 Å². The SMILES string of the molecule is CCc1ccc2nc(N(CCN(C)C)C(=O)c3ccnn3C(C)C)sc2c1.Cl. The van der Waals surface area contributed by atoms with Gasteiger partial charge in [0.1, 0.15) is 5.69 Å². The third kappa shape index (κ3) is 4.71. The Hall–Kier alpha value is -1.96. The topological polar surface area (TPSA) is 54.3 Å². The van der Waals surface area contributed by atoms with Gasteiger partial charge in [-0.1, -0.05) is 24.3 Å². The van der Waals surface area contributed by atoms with E-state index < -0.39 is 0 Å². The molecule has 0 saturated heterocycles. The molecule has 28 heavy (non-hydrogen) atoms. The van der Waals surface area contributed by atoms with Crippen LogP contribution in [0.2, 0.25) is 0 Å². The zero-order valence-corrected chi connectivity index (χ0v) is 18.7. The molecule has 8 heteroatoms. The molecule has 152 valence electrons. The van der Waals surface area contributed by atoms with Crippen molar-refractivity contribution in [3.05, 3.63) is 41.7 Å². The number of benzene rings is 1. The molecular formula is C20H28ClN5OS. The molecule has 3 aromatic rings. The third-order valence-electron chi connectivity index (χ3n) is 4.48. The Bertz CT molecular complexity index is 934. The van der Waals surface area contributed by atoms with Gasteiger partial charge in [-0.25, -0.2) is 4.98 Å². The summed E-state index contributed by atoms with van der Waals surface area (Å²) in [4.78, 5) is 22.0. The molecule has 0 aliphatic carbocycles.